The normalized spacial score (nSPS) is 18.9. The van der Waals surface area contributed by atoms with E-state index in [1.54, 1.807) is 36.7 Å². The molecule has 0 saturated carbocycles. The van der Waals surface area contributed by atoms with Crippen LogP contribution < -0.4 is 15.4 Å². The molecule has 26 heavy (non-hydrogen) atoms. The van der Waals surface area contributed by atoms with Crippen LogP contribution >= 0.6 is 0 Å². The Kier molecular flexibility index (Phi) is 5.01. The fourth-order valence-corrected chi connectivity index (χ4v) is 3.91. The highest BCUT2D eigenvalue weighted by molar-refractivity contribution is 5.94. The molecule has 1 aliphatic rings. The molecule has 3 rings (SSSR count). The molecule has 138 valence electrons. The van der Waals surface area contributed by atoms with Crippen LogP contribution in [0.3, 0.4) is 0 Å². The van der Waals surface area contributed by atoms with Crippen molar-refractivity contribution in [1.82, 2.24) is 15.6 Å². The van der Waals surface area contributed by atoms with Gasteiger partial charge in [-0.05, 0) is 76.9 Å². The van der Waals surface area contributed by atoms with E-state index in [9.17, 15) is 4.79 Å². The number of nitrogens with one attached hydrogen (secondary N) is 2. The number of amides is 1. The maximum Gasteiger partial charge on any atom is 0.251 e. The van der Waals surface area contributed by atoms with E-state index >= 15 is 0 Å². The molecule has 5 nitrogen and oxygen atoms in total. The number of aromatic nitrogens is 1. The minimum Gasteiger partial charge on any atom is -0.457 e. The number of hydrogen-bond donors (Lipinski definition) is 2. The summed E-state index contributed by atoms with van der Waals surface area (Å²) >= 11 is 0. The third kappa shape index (κ3) is 4.82. The first-order valence-electron chi connectivity index (χ1n) is 9.01. The van der Waals surface area contributed by atoms with Crippen LogP contribution in [0.5, 0.6) is 11.5 Å². The standard InChI is InChI=1S/C21H27N3O2/c1-20(2)13-16(14-21(3,4)24-20)23-19(25)15-5-7-17(8-6-15)26-18-9-11-22-12-10-18/h5-12,16,24H,13-14H2,1-4H3,(H,23,25). The lowest BCUT2D eigenvalue weighted by atomic mass is 9.79. The Bertz CT molecular complexity index is 739. The second kappa shape index (κ2) is 7.08. The highest BCUT2D eigenvalue weighted by Crippen LogP contribution is 2.29. The molecule has 0 aliphatic carbocycles. The van der Waals surface area contributed by atoms with Gasteiger partial charge in [0.2, 0.25) is 0 Å². The van der Waals surface area contributed by atoms with Gasteiger partial charge in [0.1, 0.15) is 11.5 Å². The predicted molar refractivity (Wildman–Crippen MR) is 103 cm³/mol. The Labute approximate surface area is 155 Å². The second-order valence-corrected chi connectivity index (χ2v) is 8.28. The van der Waals surface area contributed by atoms with E-state index in [-0.39, 0.29) is 23.0 Å². The van der Waals surface area contributed by atoms with E-state index in [4.69, 9.17) is 4.74 Å². The van der Waals surface area contributed by atoms with Crippen molar-refractivity contribution in [3.05, 3.63) is 54.4 Å². The predicted octanol–water partition coefficient (Wildman–Crippen LogP) is 3.91. The summed E-state index contributed by atoms with van der Waals surface area (Å²) in [6.45, 7) is 8.72. The van der Waals surface area contributed by atoms with Gasteiger partial charge in [0, 0.05) is 35.1 Å². The van der Waals surface area contributed by atoms with E-state index in [2.05, 4.69) is 43.3 Å². The van der Waals surface area contributed by atoms with Gasteiger partial charge in [0.15, 0.2) is 0 Å². The number of pyridine rings is 1. The van der Waals surface area contributed by atoms with Crippen LogP contribution in [0, 0.1) is 0 Å². The monoisotopic (exact) mass is 353 g/mol. The summed E-state index contributed by atoms with van der Waals surface area (Å²) in [5, 5.41) is 6.82. The Morgan fingerprint density at radius 1 is 1.00 bits per heavy atom. The molecule has 1 aliphatic heterocycles. The molecule has 0 bridgehead atoms. The van der Waals surface area contributed by atoms with Crippen LogP contribution in [-0.4, -0.2) is 28.0 Å². The topological polar surface area (TPSA) is 63.2 Å². The van der Waals surface area contributed by atoms with Gasteiger partial charge in [0.25, 0.3) is 5.91 Å². The van der Waals surface area contributed by atoms with Crippen molar-refractivity contribution in [2.24, 2.45) is 0 Å². The lowest BCUT2D eigenvalue weighted by Gasteiger charge is -2.46. The molecular formula is C21H27N3O2. The first-order valence-corrected chi connectivity index (χ1v) is 9.01. The molecule has 1 aromatic carbocycles. The Hall–Kier alpha value is -2.40. The lowest BCUT2D eigenvalue weighted by Crippen LogP contribution is -2.62. The van der Waals surface area contributed by atoms with E-state index < -0.39 is 0 Å². The SMILES string of the molecule is CC1(C)CC(NC(=O)c2ccc(Oc3ccncc3)cc2)CC(C)(C)N1. The quantitative estimate of drug-likeness (QED) is 0.875. The van der Waals surface area contributed by atoms with Crippen LogP contribution in [-0.2, 0) is 0 Å². The number of piperidine rings is 1. The molecular weight excluding hydrogens is 326 g/mol. The first-order chi connectivity index (χ1) is 12.2. The smallest absolute Gasteiger partial charge is 0.251 e. The molecule has 2 aromatic rings. The van der Waals surface area contributed by atoms with Crippen LogP contribution in [0.25, 0.3) is 0 Å². The molecule has 0 atom stereocenters. The third-order valence-electron chi connectivity index (χ3n) is 4.53. The zero-order valence-corrected chi connectivity index (χ0v) is 15.9. The van der Waals surface area contributed by atoms with E-state index in [1.807, 2.05) is 12.1 Å². The number of ether oxygens (including phenoxy) is 1. The van der Waals surface area contributed by atoms with Gasteiger partial charge in [-0.3, -0.25) is 9.78 Å². The van der Waals surface area contributed by atoms with Gasteiger partial charge < -0.3 is 15.4 Å². The van der Waals surface area contributed by atoms with E-state index in [0.717, 1.165) is 18.6 Å². The largest absolute Gasteiger partial charge is 0.457 e. The Balaban J connectivity index is 1.63. The molecule has 5 heteroatoms. The van der Waals surface area contributed by atoms with Crippen molar-refractivity contribution < 1.29 is 9.53 Å². The minimum absolute atomic E-state index is 0.00192. The number of carbonyl (C=O) groups excluding carboxylic acids is 1. The van der Waals surface area contributed by atoms with E-state index in [1.165, 1.54) is 0 Å². The average molecular weight is 353 g/mol. The summed E-state index contributed by atoms with van der Waals surface area (Å²) in [4.78, 5) is 16.6. The highest BCUT2D eigenvalue weighted by atomic mass is 16.5. The maximum atomic E-state index is 12.6. The van der Waals surface area contributed by atoms with Crippen molar-refractivity contribution in [1.29, 1.82) is 0 Å². The van der Waals surface area contributed by atoms with Crippen LogP contribution in [0.1, 0.15) is 50.9 Å². The van der Waals surface area contributed by atoms with Crippen molar-refractivity contribution in [2.75, 3.05) is 0 Å². The van der Waals surface area contributed by atoms with Gasteiger partial charge in [-0.1, -0.05) is 0 Å². The van der Waals surface area contributed by atoms with Gasteiger partial charge in [-0.2, -0.15) is 0 Å². The summed E-state index contributed by atoms with van der Waals surface area (Å²) in [5.74, 6) is 1.37. The summed E-state index contributed by atoms with van der Waals surface area (Å²) in [6.07, 6.45) is 5.18. The van der Waals surface area contributed by atoms with Crippen LogP contribution in [0.15, 0.2) is 48.8 Å². The molecule has 0 spiro atoms. The fraction of sp³-hybridized carbons (Fsp3) is 0.429. The van der Waals surface area contributed by atoms with Gasteiger partial charge in [-0.15, -0.1) is 0 Å². The Morgan fingerprint density at radius 2 is 1.54 bits per heavy atom. The zero-order chi connectivity index (χ0) is 18.8. The fourth-order valence-electron chi connectivity index (χ4n) is 3.91. The minimum atomic E-state index is -0.0426. The summed E-state index contributed by atoms with van der Waals surface area (Å²) < 4.78 is 5.74. The average Bonchev–Trinajstić information content (AvgIpc) is 2.53. The maximum absolute atomic E-state index is 12.6. The summed E-state index contributed by atoms with van der Waals surface area (Å²) in [6, 6.07) is 11.0. The number of hydrogen-bond acceptors (Lipinski definition) is 4. The van der Waals surface area contributed by atoms with Gasteiger partial charge in [-0.25, -0.2) is 0 Å². The lowest BCUT2D eigenvalue weighted by molar-refractivity contribution is 0.0873. The van der Waals surface area contributed by atoms with Gasteiger partial charge >= 0.3 is 0 Å². The van der Waals surface area contributed by atoms with E-state index in [0.29, 0.717) is 11.3 Å². The van der Waals surface area contributed by atoms with Crippen molar-refractivity contribution >= 4 is 5.91 Å². The number of nitrogens with zero attached hydrogens (tertiary/aromatic N) is 1. The molecule has 2 heterocycles. The van der Waals surface area contributed by atoms with Gasteiger partial charge in [0.05, 0.1) is 0 Å². The zero-order valence-electron chi connectivity index (χ0n) is 15.9. The number of carbonyl (C=O) groups is 1. The second-order valence-electron chi connectivity index (χ2n) is 8.28. The summed E-state index contributed by atoms with van der Waals surface area (Å²) in [5.41, 5.74) is 0.644. The van der Waals surface area contributed by atoms with Crippen molar-refractivity contribution in [3.8, 4) is 11.5 Å². The molecule has 2 N–H and O–H groups in total. The molecule has 1 aromatic heterocycles. The number of rotatable bonds is 4. The third-order valence-corrected chi connectivity index (χ3v) is 4.53. The van der Waals surface area contributed by atoms with Crippen molar-refractivity contribution in [2.45, 2.75) is 57.7 Å². The molecule has 1 saturated heterocycles. The molecule has 1 fully saturated rings. The van der Waals surface area contributed by atoms with Crippen molar-refractivity contribution in [3.63, 3.8) is 0 Å². The van der Waals surface area contributed by atoms with Crippen LogP contribution in [0.2, 0.25) is 0 Å². The summed E-state index contributed by atoms with van der Waals surface area (Å²) in [7, 11) is 0. The van der Waals surface area contributed by atoms with Crippen LogP contribution in [0.4, 0.5) is 0 Å². The molecule has 0 unspecified atom stereocenters. The highest BCUT2D eigenvalue weighted by Gasteiger charge is 2.38. The molecule has 1 amide bonds. The Morgan fingerprint density at radius 3 is 2.12 bits per heavy atom. The molecule has 0 radical (unpaired) electrons. The first kappa shape index (κ1) is 18.4. The number of benzene rings is 1.